The Balaban J connectivity index is 1.73. The monoisotopic (exact) mass is 252 g/mol. The summed E-state index contributed by atoms with van der Waals surface area (Å²) in [6, 6.07) is 0. The summed E-state index contributed by atoms with van der Waals surface area (Å²) in [5.74, 6) is 1.16. The standard InChI is InChI=1S/C15H28N2O/c1-15(2)8-3-11-17(12-15)14(18)5-4-13-6-9-16-10-7-13/h13,16H,3-12H2,1-2H3. The fraction of sp³-hybridized carbons (Fsp3) is 0.933. The van der Waals surface area contributed by atoms with Crippen molar-refractivity contribution in [3.63, 3.8) is 0 Å². The number of hydrogen-bond donors (Lipinski definition) is 1. The highest BCUT2D eigenvalue weighted by Crippen LogP contribution is 2.29. The van der Waals surface area contributed by atoms with E-state index in [1.54, 1.807) is 0 Å². The van der Waals surface area contributed by atoms with Crippen molar-refractivity contribution in [2.75, 3.05) is 26.2 Å². The fourth-order valence-corrected chi connectivity index (χ4v) is 3.29. The zero-order valence-electron chi connectivity index (χ0n) is 12.0. The van der Waals surface area contributed by atoms with Crippen molar-refractivity contribution in [2.24, 2.45) is 11.3 Å². The molecule has 18 heavy (non-hydrogen) atoms. The summed E-state index contributed by atoms with van der Waals surface area (Å²) < 4.78 is 0. The maximum absolute atomic E-state index is 12.2. The molecule has 0 aromatic heterocycles. The lowest BCUT2D eigenvalue weighted by atomic mass is 9.84. The highest BCUT2D eigenvalue weighted by Gasteiger charge is 2.29. The van der Waals surface area contributed by atoms with Crippen LogP contribution in [0.4, 0.5) is 0 Å². The molecule has 2 heterocycles. The van der Waals surface area contributed by atoms with Gasteiger partial charge in [-0.25, -0.2) is 0 Å². The molecule has 2 aliphatic heterocycles. The smallest absolute Gasteiger partial charge is 0.222 e. The van der Waals surface area contributed by atoms with Gasteiger partial charge in [0, 0.05) is 19.5 Å². The number of rotatable bonds is 3. The van der Waals surface area contributed by atoms with E-state index in [-0.39, 0.29) is 0 Å². The Morgan fingerprint density at radius 1 is 1.33 bits per heavy atom. The van der Waals surface area contributed by atoms with Crippen LogP contribution < -0.4 is 5.32 Å². The van der Waals surface area contributed by atoms with Crippen molar-refractivity contribution >= 4 is 5.91 Å². The van der Waals surface area contributed by atoms with E-state index in [1.165, 1.54) is 25.7 Å². The molecule has 0 aliphatic carbocycles. The van der Waals surface area contributed by atoms with Crippen LogP contribution in [0.15, 0.2) is 0 Å². The van der Waals surface area contributed by atoms with Gasteiger partial charge in [0.25, 0.3) is 0 Å². The SMILES string of the molecule is CC1(C)CCCN(C(=O)CCC2CCNCC2)C1. The number of nitrogens with zero attached hydrogens (tertiary/aromatic N) is 1. The molecular formula is C15H28N2O. The maximum atomic E-state index is 12.2. The van der Waals surface area contributed by atoms with Gasteiger partial charge < -0.3 is 10.2 Å². The molecule has 2 fully saturated rings. The summed E-state index contributed by atoms with van der Waals surface area (Å²) in [6.07, 6.45) is 6.78. The van der Waals surface area contributed by atoms with E-state index in [2.05, 4.69) is 24.1 Å². The number of likely N-dealkylation sites (tertiary alicyclic amines) is 1. The van der Waals surface area contributed by atoms with Crippen molar-refractivity contribution in [2.45, 2.75) is 52.4 Å². The molecule has 2 aliphatic rings. The van der Waals surface area contributed by atoms with Gasteiger partial charge in [-0.05, 0) is 56.5 Å². The fourth-order valence-electron chi connectivity index (χ4n) is 3.29. The predicted octanol–water partition coefficient (Wildman–Crippen LogP) is 2.41. The van der Waals surface area contributed by atoms with Crippen LogP contribution in [0, 0.1) is 11.3 Å². The molecule has 0 spiro atoms. The number of carbonyl (C=O) groups excluding carboxylic acids is 1. The normalized spacial score (nSPS) is 25.1. The summed E-state index contributed by atoms with van der Waals surface area (Å²) in [5.41, 5.74) is 0.322. The molecule has 104 valence electrons. The Morgan fingerprint density at radius 3 is 2.72 bits per heavy atom. The molecule has 0 saturated carbocycles. The maximum Gasteiger partial charge on any atom is 0.222 e. The molecule has 0 radical (unpaired) electrons. The summed E-state index contributed by atoms with van der Waals surface area (Å²) >= 11 is 0. The van der Waals surface area contributed by atoms with E-state index in [1.807, 2.05) is 0 Å². The first-order chi connectivity index (χ1) is 8.57. The number of hydrogen-bond acceptors (Lipinski definition) is 2. The van der Waals surface area contributed by atoms with Gasteiger partial charge in [0.2, 0.25) is 5.91 Å². The number of carbonyl (C=O) groups is 1. The van der Waals surface area contributed by atoms with Crippen LogP contribution in [0.1, 0.15) is 52.4 Å². The largest absolute Gasteiger partial charge is 0.342 e. The van der Waals surface area contributed by atoms with Crippen molar-refractivity contribution in [3.05, 3.63) is 0 Å². The van der Waals surface area contributed by atoms with E-state index in [0.29, 0.717) is 11.3 Å². The number of nitrogens with one attached hydrogen (secondary N) is 1. The second-order valence-corrected chi connectivity index (χ2v) is 6.82. The molecule has 0 aromatic rings. The molecular weight excluding hydrogens is 224 g/mol. The molecule has 0 unspecified atom stereocenters. The van der Waals surface area contributed by atoms with Gasteiger partial charge in [0.1, 0.15) is 0 Å². The first-order valence-electron chi connectivity index (χ1n) is 7.55. The molecule has 3 heteroatoms. The molecule has 0 atom stereocenters. The Kier molecular flexibility index (Phi) is 4.66. The third-order valence-electron chi connectivity index (χ3n) is 4.48. The van der Waals surface area contributed by atoms with E-state index in [0.717, 1.165) is 44.9 Å². The van der Waals surface area contributed by atoms with Gasteiger partial charge in [0.15, 0.2) is 0 Å². The highest BCUT2D eigenvalue weighted by atomic mass is 16.2. The third-order valence-corrected chi connectivity index (χ3v) is 4.48. The van der Waals surface area contributed by atoms with Crippen LogP contribution in [0.3, 0.4) is 0 Å². The Morgan fingerprint density at radius 2 is 2.06 bits per heavy atom. The second kappa shape index (κ2) is 6.05. The van der Waals surface area contributed by atoms with Crippen molar-refractivity contribution < 1.29 is 4.79 Å². The Labute approximate surface area is 111 Å². The van der Waals surface area contributed by atoms with Gasteiger partial charge in [-0.15, -0.1) is 0 Å². The minimum Gasteiger partial charge on any atom is -0.342 e. The second-order valence-electron chi connectivity index (χ2n) is 6.82. The minimum absolute atomic E-state index is 0.322. The average molecular weight is 252 g/mol. The molecule has 2 rings (SSSR count). The first kappa shape index (κ1) is 13.9. The van der Waals surface area contributed by atoms with Gasteiger partial charge in [-0.3, -0.25) is 4.79 Å². The van der Waals surface area contributed by atoms with Crippen LogP contribution in [0.5, 0.6) is 0 Å². The minimum atomic E-state index is 0.322. The average Bonchev–Trinajstić information content (AvgIpc) is 2.36. The molecule has 1 amide bonds. The lowest BCUT2D eigenvalue weighted by molar-refractivity contribution is -0.134. The van der Waals surface area contributed by atoms with E-state index < -0.39 is 0 Å². The zero-order chi connectivity index (χ0) is 13.0. The molecule has 0 bridgehead atoms. The summed E-state index contributed by atoms with van der Waals surface area (Å²) in [5, 5.41) is 3.38. The van der Waals surface area contributed by atoms with E-state index in [9.17, 15) is 4.79 Å². The summed E-state index contributed by atoms with van der Waals surface area (Å²) in [7, 11) is 0. The lowest BCUT2D eigenvalue weighted by Gasteiger charge is -2.38. The number of amides is 1. The topological polar surface area (TPSA) is 32.3 Å². The van der Waals surface area contributed by atoms with Gasteiger partial charge in [-0.1, -0.05) is 13.8 Å². The first-order valence-corrected chi connectivity index (χ1v) is 7.55. The Hall–Kier alpha value is -0.570. The van der Waals surface area contributed by atoms with Crippen molar-refractivity contribution in [1.29, 1.82) is 0 Å². The molecule has 2 saturated heterocycles. The summed E-state index contributed by atoms with van der Waals surface area (Å²) in [6.45, 7) is 8.76. The highest BCUT2D eigenvalue weighted by molar-refractivity contribution is 5.76. The van der Waals surface area contributed by atoms with Crippen molar-refractivity contribution in [1.82, 2.24) is 10.2 Å². The zero-order valence-corrected chi connectivity index (χ0v) is 12.0. The van der Waals surface area contributed by atoms with Gasteiger partial charge in [-0.2, -0.15) is 0 Å². The predicted molar refractivity (Wildman–Crippen MR) is 74.4 cm³/mol. The van der Waals surface area contributed by atoms with E-state index >= 15 is 0 Å². The molecule has 1 N–H and O–H groups in total. The van der Waals surface area contributed by atoms with Crippen LogP contribution >= 0.6 is 0 Å². The summed E-state index contributed by atoms with van der Waals surface area (Å²) in [4.78, 5) is 14.3. The van der Waals surface area contributed by atoms with Gasteiger partial charge >= 0.3 is 0 Å². The van der Waals surface area contributed by atoms with Crippen LogP contribution in [-0.4, -0.2) is 37.0 Å². The van der Waals surface area contributed by atoms with Gasteiger partial charge in [0.05, 0.1) is 0 Å². The lowest BCUT2D eigenvalue weighted by Crippen LogP contribution is -2.43. The van der Waals surface area contributed by atoms with Crippen LogP contribution in [0.2, 0.25) is 0 Å². The van der Waals surface area contributed by atoms with E-state index in [4.69, 9.17) is 0 Å². The number of piperidine rings is 2. The van der Waals surface area contributed by atoms with Crippen LogP contribution in [-0.2, 0) is 4.79 Å². The third kappa shape index (κ3) is 3.98. The van der Waals surface area contributed by atoms with Crippen molar-refractivity contribution in [3.8, 4) is 0 Å². The van der Waals surface area contributed by atoms with Crippen LogP contribution in [0.25, 0.3) is 0 Å². The Bertz CT molecular complexity index is 282. The molecule has 0 aromatic carbocycles. The molecule has 3 nitrogen and oxygen atoms in total. The quantitative estimate of drug-likeness (QED) is 0.836.